The molecule has 0 amide bonds. The first kappa shape index (κ1) is 15.7. The molecule has 0 aromatic heterocycles. The van der Waals surface area contributed by atoms with Crippen LogP contribution < -0.4 is 0 Å². The number of carbonyl (C=O) groups is 1. The number of esters is 1. The Hall–Kier alpha value is -1.31. The number of hydrogen-bond donors (Lipinski definition) is 0. The number of methoxy groups -OCH3 is 1. The van der Waals surface area contributed by atoms with Crippen LogP contribution in [0.4, 0.5) is 0 Å². The highest BCUT2D eigenvalue weighted by Gasteiger charge is 2.39. The van der Waals surface area contributed by atoms with Gasteiger partial charge in [-0.15, -0.1) is 0 Å². The zero-order valence-electron chi connectivity index (χ0n) is 12.4. The fourth-order valence-corrected chi connectivity index (χ4v) is 2.79. The maximum Gasteiger partial charge on any atom is 0.316 e. The number of unbranched alkanes of at least 4 members (excludes halogenated alkanes) is 2. The summed E-state index contributed by atoms with van der Waals surface area (Å²) in [6, 6.07) is 10.1. The molecule has 0 spiro atoms. The fourth-order valence-electron chi connectivity index (χ4n) is 2.79. The van der Waals surface area contributed by atoms with Gasteiger partial charge >= 0.3 is 5.97 Å². The minimum Gasteiger partial charge on any atom is -0.468 e. The van der Waals surface area contributed by atoms with Crippen LogP contribution in [0, 0.1) is 0 Å². The van der Waals surface area contributed by atoms with Crippen LogP contribution in [0.3, 0.4) is 0 Å². The summed E-state index contributed by atoms with van der Waals surface area (Å²) in [5.41, 5.74) is 0.639. The van der Waals surface area contributed by atoms with Gasteiger partial charge in [0.25, 0.3) is 0 Å². The molecule has 0 aliphatic carbocycles. The van der Waals surface area contributed by atoms with Crippen LogP contribution in [0.15, 0.2) is 30.3 Å². The molecule has 0 aliphatic heterocycles. The lowest BCUT2D eigenvalue weighted by molar-refractivity contribution is -0.148. The monoisotopic (exact) mass is 262 g/mol. The van der Waals surface area contributed by atoms with Crippen LogP contribution in [0.2, 0.25) is 0 Å². The van der Waals surface area contributed by atoms with E-state index in [2.05, 4.69) is 26.0 Å². The number of rotatable bonds is 8. The van der Waals surface area contributed by atoms with E-state index in [1.165, 1.54) is 7.11 Å². The van der Waals surface area contributed by atoms with Gasteiger partial charge in [0.15, 0.2) is 0 Å². The lowest BCUT2D eigenvalue weighted by Gasteiger charge is -2.31. The largest absolute Gasteiger partial charge is 0.468 e. The molecule has 106 valence electrons. The van der Waals surface area contributed by atoms with Gasteiger partial charge < -0.3 is 4.74 Å². The summed E-state index contributed by atoms with van der Waals surface area (Å²) in [6.07, 6.45) is 6.11. The van der Waals surface area contributed by atoms with Gasteiger partial charge in [0.05, 0.1) is 12.5 Å². The van der Waals surface area contributed by atoms with Crippen LogP contribution in [0.25, 0.3) is 0 Å². The third-order valence-corrected chi connectivity index (χ3v) is 3.79. The van der Waals surface area contributed by atoms with Crippen LogP contribution in [-0.2, 0) is 14.9 Å². The van der Waals surface area contributed by atoms with E-state index < -0.39 is 5.41 Å². The molecule has 0 fully saturated rings. The summed E-state index contributed by atoms with van der Waals surface area (Å²) < 4.78 is 5.11. The Balaban J connectivity index is 3.07. The van der Waals surface area contributed by atoms with E-state index in [-0.39, 0.29) is 5.97 Å². The normalized spacial score (nSPS) is 13.8. The summed E-state index contributed by atoms with van der Waals surface area (Å²) in [7, 11) is 1.50. The van der Waals surface area contributed by atoms with Crippen molar-refractivity contribution in [3.63, 3.8) is 0 Å². The smallest absolute Gasteiger partial charge is 0.316 e. The Kier molecular flexibility index (Phi) is 6.61. The lowest BCUT2D eigenvalue weighted by atomic mass is 9.73. The van der Waals surface area contributed by atoms with Crippen molar-refractivity contribution in [2.75, 3.05) is 7.11 Å². The van der Waals surface area contributed by atoms with Gasteiger partial charge in [-0.1, -0.05) is 69.9 Å². The fraction of sp³-hybridized carbons (Fsp3) is 0.588. The van der Waals surface area contributed by atoms with Gasteiger partial charge in [0.2, 0.25) is 0 Å². The molecule has 0 bridgehead atoms. The molecule has 0 radical (unpaired) electrons. The first-order chi connectivity index (χ1) is 9.21. The minimum atomic E-state index is -0.458. The number of carbonyl (C=O) groups excluding carboxylic acids is 1. The molecule has 19 heavy (non-hydrogen) atoms. The first-order valence-corrected chi connectivity index (χ1v) is 7.35. The molecular formula is C17H26O2. The van der Waals surface area contributed by atoms with Crippen molar-refractivity contribution in [1.82, 2.24) is 0 Å². The number of benzene rings is 1. The number of ether oxygens (including phenoxy) is 1. The van der Waals surface area contributed by atoms with E-state index in [1.54, 1.807) is 0 Å². The standard InChI is InChI=1S/C17H26O2/c1-4-6-10-14-17(13-5-2,16(18)19-3)15-11-8-7-9-12-15/h7-9,11-12H,4-6,10,13-14H2,1-3H3. The van der Waals surface area contributed by atoms with Crippen LogP contribution >= 0.6 is 0 Å². The Morgan fingerprint density at radius 3 is 2.26 bits per heavy atom. The van der Waals surface area contributed by atoms with Crippen molar-refractivity contribution < 1.29 is 9.53 Å². The molecule has 1 rings (SSSR count). The third-order valence-electron chi connectivity index (χ3n) is 3.79. The summed E-state index contributed by atoms with van der Waals surface area (Å²) in [5.74, 6) is -0.0864. The Bertz CT molecular complexity index is 372. The molecule has 1 unspecified atom stereocenters. The summed E-state index contributed by atoms with van der Waals surface area (Å²) >= 11 is 0. The molecule has 2 nitrogen and oxygen atoms in total. The average Bonchev–Trinajstić information content (AvgIpc) is 2.46. The predicted octanol–water partition coefficient (Wildman–Crippen LogP) is 4.48. The molecule has 0 saturated carbocycles. The molecule has 0 N–H and O–H groups in total. The molecule has 1 aromatic carbocycles. The van der Waals surface area contributed by atoms with Crippen molar-refractivity contribution in [1.29, 1.82) is 0 Å². The molecular weight excluding hydrogens is 236 g/mol. The molecule has 2 heteroatoms. The van der Waals surface area contributed by atoms with Crippen molar-refractivity contribution >= 4 is 5.97 Å². The highest BCUT2D eigenvalue weighted by Crippen LogP contribution is 2.36. The average molecular weight is 262 g/mol. The second-order valence-electron chi connectivity index (χ2n) is 5.15. The SMILES string of the molecule is CCCCCC(CCC)(C(=O)OC)c1ccccc1. The zero-order chi connectivity index (χ0) is 14.1. The third kappa shape index (κ3) is 3.82. The van der Waals surface area contributed by atoms with E-state index in [9.17, 15) is 4.79 Å². The minimum absolute atomic E-state index is 0.0864. The lowest BCUT2D eigenvalue weighted by Crippen LogP contribution is -2.37. The van der Waals surface area contributed by atoms with Gasteiger partial charge in [-0.2, -0.15) is 0 Å². The second-order valence-corrected chi connectivity index (χ2v) is 5.15. The van der Waals surface area contributed by atoms with Crippen molar-refractivity contribution in [3.05, 3.63) is 35.9 Å². The van der Waals surface area contributed by atoms with E-state index >= 15 is 0 Å². The van der Waals surface area contributed by atoms with Crippen molar-refractivity contribution in [2.45, 2.75) is 57.8 Å². The van der Waals surface area contributed by atoms with Crippen LogP contribution in [0.5, 0.6) is 0 Å². The molecule has 1 atom stereocenters. The topological polar surface area (TPSA) is 26.3 Å². The summed E-state index contributed by atoms with van der Waals surface area (Å²) in [6.45, 7) is 4.31. The van der Waals surface area contributed by atoms with Gasteiger partial charge in [-0.05, 0) is 18.4 Å². The number of hydrogen-bond acceptors (Lipinski definition) is 2. The first-order valence-electron chi connectivity index (χ1n) is 7.35. The van der Waals surface area contributed by atoms with Crippen molar-refractivity contribution in [3.8, 4) is 0 Å². The highest BCUT2D eigenvalue weighted by atomic mass is 16.5. The Morgan fingerprint density at radius 1 is 1.05 bits per heavy atom. The molecule has 0 saturated heterocycles. The highest BCUT2D eigenvalue weighted by molar-refractivity contribution is 5.83. The van der Waals surface area contributed by atoms with Crippen molar-refractivity contribution in [2.24, 2.45) is 0 Å². The summed E-state index contributed by atoms with van der Waals surface area (Å²) in [4.78, 5) is 12.4. The van der Waals surface area contributed by atoms with Gasteiger partial charge in [0, 0.05) is 0 Å². The van der Waals surface area contributed by atoms with E-state index in [0.29, 0.717) is 0 Å². The molecule has 1 aromatic rings. The van der Waals surface area contributed by atoms with Gasteiger partial charge in [-0.25, -0.2) is 0 Å². The van der Waals surface area contributed by atoms with E-state index in [4.69, 9.17) is 4.74 Å². The summed E-state index contributed by atoms with van der Waals surface area (Å²) in [5, 5.41) is 0. The predicted molar refractivity (Wildman–Crippen MR) is 79.2 cm³/mol. The molecule has 0 heterocycles. The second kappa shape index (κ2) is 7.98. The van der Waals surface area contributed by atoms with Gasteiger partial charge in [-0.3, -0.25) is 4.79 Å². The zero-order valence-corrected chi connectivity index (χ0v) is 12.4. The maximum atomic E-state index is 12.4. The Morgan fingerprint density at radius 2 is 1.74 bits per heavy atom. The molecule has 0 aliphatic rings. The maximum absolute atomic E-state index is 12.4. The Labute approximate surface area is 117 Å². The van der Waals surface area contributed by atoms with Gasteiger partial charge in [0.1, 0.15) is 0 Å². The van der Waals surface area contributed by atoms with E-state index in [1.807, 2.05) is 18.2 Å². The van der Waals surface area contributed by atoms with E-state index in [0.717, 1.165) is 44.1 Å². The quantitative estimate of drug-likeness (QED) is 0.510. The van der Waals surface area contributed by atoms with Crippen LogP contribution in [-0.4, -0.2) is 13.1 Å². The van der Waals surface area contributed by atoms with Crippen LogP contribution in [0.1, 0.15) is 57.9 Å².